The molecule has 69 heavy (non-hydrogen) atoms. The van der Waals surface area contributed by atoms with Crippen LogP contribution in [0, 0.1) is 0 Å². The predicted octanol–water partition coefficient (Wildman–Crippen LogP) is 15.7. The van der Waals surface area contributed by atoms with Crippen LogP contribution in [0.25, 0.3) is 0 Å². The topological polar surface area (TPSA) is 108 Å². The number of amides is 1. The SMILES string of the molecule is CC/C=C\C/C=C\C/C=C\C/C=C\C/C=C\C/C=C\C/C=C\C/C=C\C/C=C\C/C=C\CCCCC(=O)NC(COP(=O)([O-])OCC[N+](C)(C)C)C(O)/C=C/CCCCCCCCCCCCCC. The third-order valence-corrected chi connectivity index (χ3v) is 12.1. The fourth-order valence-electron chi connectivity index (χ4n) is 6.88. The van der Waals surface area contributed by atoms with Crippen molar-refractivity contribution in [2.24, 2.45) is 0 Å². The number of aliphatic hydroxyl groups is 1. The minimum atomic E-state index is -4.61. The fourth-order valence-corrected chi connectivity index (χ4v) is 7.61. The lowest BCUT2D eigenvalue weighted by atomic mass is 10.0. The van der Waals surface area contributed by atoms with Crippen molar-refractivity contribution in [1.82, 2.24) is 5.32 Å². The number of hydrogen-bond acceptors (Lipinski definition) is 6. The largest absolute Gasteiger partial charge is 0.756 e. The molecule has 0 radical (unpaired) electrons. The molecule has 8 nitrogen and oxygen atoms in total. The Balaban J connectivity index is 4.35. The zero-order chi connectivity index (χ0) is 50.6. The molecule has 0 bridgehead atoms. The lowest BCUT2D eigenvalue weighted by Crippen LogP contribution is -2.45. The highest BCUT2D eigenvalue weighted by molar-refractivity contribution is 7.45. The Hall–Kier alpha value is -3.36. The van der Waals surface area contributed by atoms with Gasteiger partial charge in [-0.3, -0.25) is 9.36 Å². The van der Waals surface area contributed by atoms with Gasteiger partial charge < -0.3 is 28.8 Å². The molecule has 0 aliphatic heterocycles. The van der Waals surface area contributed by atoms with Crippen molar-refractivity contribution in [1.29, 1.82) is 0 Å². The molecular weight excluding hydrogens is 876 g/mol. The van der Waals surface area contributed by atoms with E-state index in [1.807, 2.05) is 27.2 Å². The molecule has 392 valence electrons. The summed E-state index contributed by atoms with van der Waals surface area (Å²) in [6.07, 6.45) is 75.2. The van der Waals surface area contributed by atoms with Gasteiger partial charge in [-0.15, -0.1) is 0 Å². The minimum absolute atomic E-state index is 0.0172. The van der Waals surface area contributed by atoms with Crippen LogP contribution in [0.5, 0.6) is 0 Å². The van der Waals surface area contributed by atoms with Gasteiger partial charge in [-0.2, -0.15) is 0 Å². The molecule has 3 atom stereocenters. The number of phosphoric ester groups is 1. The number of quaternary nitrogens is 1. The van der Waals surface area contributed by atoms with Crippen molar-refractivity contribution >= 4 is 13.7 Å². The Morgan fingerprint density at radius 1 is 0.522 bits per heavy atom. The van der Waals surface area contributed by atoms with Gasteiger partial charge in [0.1, 0.15) is 13.2 Å². The number of likely N-dealkylation sites (N-methyl/N-ethyl adjacent to an activating group) is 1. The number of unbranched alkanes of at least 4 members (excludes halogenated alkanes) is 14. The Kier molecular flexibility index (Phi) is 47.2. The van der Waals surface area contributed by atoms with Crippen LogP contribution < -0.4 is 10.2 Å². The second-order valence-corrected chi connectivity index (χ2v) is 20.3. The monoisotopic (exact) mass is 977 g/mol. The first-order valence-electron chi connectivity index (χ1n) is 27.0. The molecule has 0 aromatic heterocycles. The zero-order valence-electron chi connectivity index (χ0n) is 44.5. The van der Waals surface area contributed by atoms with Crippen molar-refractivity contribution in [3.63, 3.8) is 0 Å². The molecule has 0 spiro atoms. The highest BCUT2D eigenvalue weighted by atomic mass is 31.2. The van der Waals surface area contributed by atoms with Crippen LogP contribution in [0.15, 0.2) is 134 Å². The van der Waals surface area contributed by atoms with Crippen LogP contribution in [-0.2, 0) is 18.4 Å². The summed E-state index contributed by atoms with van der Waals surface area (Å²) in [5.41, 5.74) is 0. The molecule has 0 fully saturated rings. The van der Waals surface area contributed by atoms with Crippen LogP contribution in [0.4, 0.5) is 0 Å². The van der Waals surface area contributed by atoms with Gasteiger partial charge in [0.2, 0.25) is 5.91 Å². The number of aliphatic hydroxyl groups excluding tert-OH is 1. The van der Waals surface area contributed by atoms with Gasteiger partial charge in [0, 0.05) is 6.42 Å². The van der Waals surface area contributed by atoms with Gasteiger partial charge in [-0.1, -0.05) is 218 Å². The third-order valence-electron chi connectivity index (χ3n) is 11.1. The molecule has 0 rings (SSSR count). The van der Waals surface area contributed by atoms with Crippen LogP contribution in [0.1, 0.15) is 187 Å². The molecule has 0 aliphatic rings. The van der Waals surface area contributed by atoms with E-state index in [9.17, 15) is 19.4 Å². The molecular formula is C60H101N2O6P. The van der Waals surface area contributed by atoms with E-state index in [0.29, 0.717) is 17.4 Å². The number of allylic oxidation sites excluding steroid dienone is 21. The third kappa shape index (κ3) is 52.3. The lowest BCUT2D eigenvalue weighted by Gasteiger charge is -2.29. The molecule has 0 aromatic carbocycles. The van der Waals surface area contributed by atoms with Crippen LogP contribution in [-0.4, -0.2) is 68.5 Å². The Morgan fingerprint density at radius 3 is 1.29 bits per heavy atom. The number of hydrogen-bond donors (Lipinski definition) is 2. The standard InChI is InChI=1S/C60H101N2O6P/c1-6-8-10-12-14-16-18-20-22-23-24-25-26-27-28-29-30-31-32-33-34-35-36-37-38-39-40-42-44-46-48-50-52-54-60(64)61-58(57-68-69(65,66)67-56-55-62(3,4)5)59(63)53-51-49-47-45-43-41-21-19-17-15-13-11-9-7-2/h8,10,14,16,20,22,24-25,27-28,30-31,33-34,36-37,39-40,44,46,51,53,58-59,63H,6-7,9,11-13,15,17-19,21,23,26,29,32,35,38,41-43,45,47-50,52,54-57H2,1-5H3,(H-,61,64,65,66)/b10-8-,16-14-,22-20-,25-24-,28-27-,31-30-,34-33-,37-36-,40-39-,46-44-,53-51+. The normalized spacial score (nSPS) is 15.1. The molecule has 9 heteroatoms. The number of nitrogens with one attached hydrogen (secondary N) is 1. The van der Waals surface area contributed by atoms with Gasteiger partial charge in [-0.25, -0.2) is 0 Å². The van der Waals surface area contributed by atoms with Crippen molar-refractivity contribution in [3.05, 3.63) is 134 Å². The molecule has 1 amide bonds. The van der Waals surface area contributed by atoms with Crippen molar-refractivity contribution < 1.29 is 32.9 Å². The number of nitrogens with zero attached hydrogens (tertiary/aromatic N) is 1. The maximum absolute atomic E-state index is 12.9. The number of rotatable bonds is 47. The van der Waals surface area contributed by atoms with E-state index in [0.717, 1.165) is 96.3 Å². The Morgan fingerprint density at radius 2 is 0.884 bits per heavy atom. The average molecular weight is 977 g/mol. The maximum Gasteiger partial charge on any atom is 0.268 e. The summed E-state index contributed by atoms with van der Waals surface area (Å²) in [6, 6.07) is -0.919. The Labute approximate surface area is 424 Å². The van der Waals surface area contributed by atoms with Gasteiger partial charge in [0.25, 0.3) is 7.82 Å². The fraction of sp³-hybridized carbons (Fsp3) is 0.617. The predicted molar refractivity (Wildman–Crippen MR) is 297 cm³/mol. The molecule has 3 unspecified atom stereocenters. The number of carbonyl (C=O) groups excluding carboxylic acids is 1. The first kappa shape index (κ1) is 65.6. The Bertz CT molecular complexity index is 1580. The van der Waals surface area contributed by atoms with Crippen LogP contribution in [0.2, 0.25) is 0 Å². The molecule has 0 heterocycles. The number of phosphoric acid groups is 1. The molecule has 0 saturated heterocycles. The van der Waals surface area contributed by atoms with Gasteiger partial charge in [0.05, 0.1) is 39.9 Å². The first-order valence-corrected chi connectivity index (χ1v) is 28.5. The van der Waals surface area contributed by atoms with E-state index in [1.165, 1.54) is 64.2 Å². The number of carbonyl (C=O) groups is 1. The van der Waals surface area contributed by atoms with Crippen molar-refractivity contribution in [3.8, 4) is 0 Å². The summed E-state index contributed by atoms with van der Waals surface area (Å²) < 4.78 is 23.2. The van der Waals surface area contributed by atoms with Gasteiger partial charge in [0.15, 0.2) is 0 Å². The van der Waals surface area contributed by atoms with Gasteiger partial charge in [-0.05, 0) is 96.3 Å². The average Bonchev–Trinajstić information content (AvgIpc) is 3.31. The molecule has 0 aliphatic carbocycles. The quantitative estimate of drug-likeness (QED) is 0.0272. The van der Waals surface area contributed by atoms with E-state index < -0.39 is 26.6 Å². The summed E-state index contributed by atoms with van der Waals surface area (Å²) in [5, 5.41) is 13.8. The summed E-state index contributed by atoms with van der Waals surface area (Å²) >= 11 is 0. The second kappa shape index (κ2) is 49.6. The highest BCUT2D eigenvalue weighted by Crippen LogP contribution is 2.38. The smallest absolute Gasteiger partial charge is 0.268 e. The summed E-state index contributed by atoms with van der Waals surface area (Å²) in [5.74, 6) is -0.246. The van der Waals surface area contributed by atoms with E-state index in [1.54, 1.807) is 6.08 Å². The van der Waals surface area contributed by atoms with Crippen molar-refractivity contribution in [2.75, 3.05) is 40.9 Å². The van der Waals surface area contributed by atoms with Crippen molar-refractivity contribution in [2.45, 2.75) is 199 Å². The lowest BCUT2D eigenvalue weighted by molar-refractivity contribution is -0.870. The molecule has 2 N–H and O–H groups in total. The molecule has 0 saturated carbocycles. The maximum atomic E-state index is 12.9. The van der Waals surface area contributed by atoms with E-state index in [4.69, 9.17) is 9.05 Å². The second-order valence-electron chi connectivity index (χ2n) is 18.9. The first-order chi connectivity index (χ1) is 33.5. The van der Waals surface area contributed by atoms with E-state index >= 15 is 0 Å². The summed E-state index contributed by atoms with van der Waals surface area (Å²) in [6.45, 7) is 4.47. The highest BCUT2D eigenvalue weighted by Gasteiger charge is 2.23. The van der Waals surface area contributed by atoms with E-state index in [2.05, 4.69) is 141 Å². The summed E-state index contributed by atoms with van der Waals surface area (Å²) in [4.78, 5) is 25.4. The van der Waals surface area contributed by atoms with E-state index in [-0.39, 0.29) is 18.9 Å². The van der Waals surface area contributed by atoms with Gasteiger partial charge >= 0.3 is 0 Å². The zero-order valence-corrected chi connectivity index (χ0v) is 45.3. The van der Waals surface area contributed by atoms with Crippen LogP contribution >= 0.6 is 7.82 Å². The van der Waals surface area contributed by atoms with Crippen LogP contribution in [0.3, 0.4) is 0 Å². The molecule has 0 aromatic rings. The summed E-state index contributed by atoms with van der Waals surface area (Å²) in [7, 11) is 1.21. The minimum Gasteiger partial charge on any atom is -0.756 e.